The molecule has 1 amide bonds. The molecule has 1 rings (SSSR count). The molecule has 18 heavy (non-hydrogen) atoms. The minimum atomic E-state index is -0.896. The molecular weight excluding hydrogens is 300 g/mol. The van der Waals surface area contributed by atoms with E-state index in [0.717, 1.165) is 4.47 Å². The highest BCUT2D eigenvalue weighted by Gasteiger charge is 2.20. The third kappa shape index (κ3) is 3.46. The summed E-state index contributed by atoms with van der Waals surface area (Å²) < 4.78 is 0.737. The minimum absolute atomic E-state index is 0.318. The quantitative estimate of drug-likeness (QED) is 0.775. The Morgan fingerprint density at radius 1 is 1.39 bits per heavy atom. The number of nitrogens with one attached hydrogen (secondary N) is 1. The van der Waals surface area contributed by atoms with E-state index in [0.29, 0.717) is 11.3 Å². The maximum absolute atomic E-state index is 11.3. The SMILES string of the molecule is CC(Nc1ccc(Br)cc1C(N)=O)C(C)C(=O)O. The van der Waals surface area contributed by atoms with E-state index in [4.69, 9.17) is 10.8 Å². The van der Waals surface area contributed by atoms with Crippen LogP contribution in [0, 0.1) is 5.92 Å². The van der Waals surface area contributed by atoms with Crippen molar-refractivity contribution in [2.45, 2.75) is 19.9 Å². The van der Waals surface area contributed by atoms with Gasteiger partial charge in [-0.1, -0.05) is 15.9 Å². The van der Waals surface area contributed by atoms with Crippen LogP contribution in [0.15, 0.2) is 22.7 Å². The third-order valence-corrected chi connectivity index (χ3v) is 3.26. The van der Waals surface area contributed by atoms with E-state index in [1.165, 1.54) is 0 Å². The normalized spacial score (nSPS) is 13.7. The average Bonchev–Trinajstić information content (AvgIpc) is 2.29. The lowest BCUT2D eigenvalue weighted by atomic mass is 10.0. The molecule has 2 atom stereocenters. The molecule has 0 spiro atoms. The lowest BCUT2D eigenvalue weighted by Crippen LogP contribution is -2.30. The second-order valence-corrected chi connectivity index (χ2v) is 5.03. The van der Waals surface area contributed by atoms with Gasteiger partial charge in [0.1, 0.15) is 0 Å². The molecule has 0 aliphatic rings. The van der Waals surface area contributed by atoms with Gasteiger partial charge < -0.3 is 16.2 Å². The van der Waals surface area contributed by atoms with Gasteiger partial charge in [0.2, 0.25) is 0 Å². The number of anilines is 1. The largest absolute Gasteiger partial charge is 0.481 e. The van der Waals surface area contributed by atoms with Crippen LogP contribution in [-0.2, 0) is 4.79 Å². The number of hydrogen-bond donors (Lipinski definition) is 3. The van der Waals surface area contributed by atoms with Crippen LogP contribution in [0.3, 0.4) is 0 Å². The van der Waals surface area contributed by atoms with E-state index >= 15 is 0 Å². The second-order valence-electron chi connectivity index (χ2n) is 4.11. The number of primary amides is 1. The van der Waals surface area contributed by atoms with Crippen molar-refractivity contribution in [3.8, 4) is 0 Å². The van der Waals surface area contributed by atoms with E-state index in [-0.39, 0.29) is 6.04 Å². The van der Waals surface area contributed by atoms with Crippen LogP contribution < -0.4 is 11.1 Å². The summed E-state index contributed by atoms with van der Waals surface area (Å²) >= 11 is 3.25. The molecule has 0 saturated heterocycles. The maximum Gasteiger partial charge on any atom is 0.308 e. The zero-order valence-electron chi connectivity index (χ0n) is 10.1. The first kappa shape index (κ1) is 14.5. The molecule has 4 N–H and O–H groups in total. The van der Waals surface area contributed by atoms with Crippen LogP contribution in [0.1, 0.15) is 24.2 Å². The van der Waals surface area contributed by atoms with Crippen LogP contribution >= 0.6 is 15.9 Å². The number of hydrogen-bond acceptors (Lipinski definition) is 3. The first-order valence-electron chi connectivity index (χ1n) is 5.41. The van der Waals surface area contributed by atoms with Crippen molar-refractivity contribution < 1.29 is 14.7 Å². The highest BCUT2D eigenvalue weighted by Crippen LogP contribution is 2.22. The molecule has 0 saturated carbocycles. The van der Waals surface area contributed by atoms with Gasteiger partial charge in [0.25, 0.3) is 5.91 Å². The number of amides is 1. The van der Waals surface area contributed by atoms with E-state index in [9.17, 15) is 9.59 Å². The van der Waals surface area contributed by atoms with Gasteiger partial charge in [0, 0.05) is 16.2 Å². The number of benzene rings is 1. The second kappa shape index (κ2) is 5.86. The first-order valence-corrected chi connectivity index (χ1v) is 6.21. The van der Waals surface area contributed by atoms with Crippen molar-refractivity contribution in [3.05, 3.63) is 28.2 Å². The van der Waals surface area contributed by atoms with Gasteiger partial charge in [-0.2, -0.15) is 0 Å². The minimum Gasteiger partial charge on any atom is -0.481 e. The van der Waals surface area contributed by atoms with Gasteiger partial charge >= 0.3 is 5.97 Å². The predicted octanol–water partition coefficient (Wildman–Crippen LogP) is 2.07. The number of aliphatic carboxylic acids is 1. The molecule has 0 aliphatic carbocycles. The number of carboxylic acid groups (broad SMARTS) is 1. The molecule has 1 aromatic carbocycles. The van der Waals surface area contributed by atoms with Crippen LogP contribution in [0.5, 0.6) is 0 Å². The van der Waals surface area contributed by atoms with Crippen molar-refractivity contribution in [1.29, 1.82) is 0 Å². The van der Waals surface area contributed by atoms with Crippen molar-refractivity contribution in [3.63, 3.8) is 0 Å². The van der Waals surface area contributed by atoms with Crippen molar-refractivity contribution >= 4 is 33.5 Å². The molecule has 0 aliphatic heterocycles. The number of carboxylic acids is 1. The fraction of sp³-hybridized carbons (Fsp3) is 0.333. The third-order valence-electron chi connectivity index (χ3n) is 2.77. The van der Waals surface area contributed by atoms with E-state index in [1.54, 1.807) is 32.0 Å². The Hall–Kier alpha value is -1.56. The van der Waals surface area contributed by atoms with Gasteiger partial charge in [-0.15, -0.1) is 0 Å². The van der Waals surface area contributed by atoms with E-state index < -0.39 is 17.8 Å². The Kier molecular flexibility index (Phi) is 4.72. The number of carbonyl (C=O) groups excluding carboxylic acids is 1. The Labute approximate surface area is 113 Å². The number of halogens is 1. The molecule has 0 aromatic heterocycles. The highest BCUT2D eigenvalue weighted by molar-refractivity contribution is 9.10. The lowest BCUT2D eigenvalue weighted by Gasteiger charge is -2.20. The highest BCUT2D eigenvalue weighted by atomic mass is 79.9. The number of carbonyl (C=O) groups is 2. The molecule has 2 unspecified atom stereocenters. The maximum atomic E-state index is 11.3. The zero-order valence-corrected chi connectivity index (χ0v) is 11.7. The molecule has 0 fully saturated rings. The Morgan fingerprint density at radius 3 is 2.50 bits per heavy atom. The molecule has 0 bridgehead atoms. The van der Waals surface area contributed by atoms with Crippen molar-refractivity contribution in [1.82, 2.24) is 0 Å². The first-order chi connectivity index (χ1) is 8.32. The number of rotatable bonds is 5. The van der Waals surface area contributed by atoms with Crippen LogP contribution in [0.25, 0.3) is 0 Å². The van der Waals surface area contributed by atoms with Crippen molar-refractivity contribution in [2.75, 3.05) is 5.32 Å². The lowest BCUT2D eigenvalue weighted by molar-refractivity contribution is -0.141. The molecule has 5 nitrogen and oxygen atoms in total. The molecular formula is C12H15BrN2O3. The van der Waals surface area contributed by atoms with Crippen molar-refractivity contribution in [2.24, 2.45) is 11.7 Å². The summed E-state index contributed by atoms with van der Waals surface area (Å²) in [6, 6.07) is 4.73. The van der Waals surface area contributed by atoms with Gasteiger partial charge in [-0.05, 0) is 32.0 Å². The average molecular weight is 315 g/mol. The molecule has 0 radical (unpaired) electrons. The van der Waals surface area contributed by atoms with Gasteiger partial charge in [-0.25, -0.2) is 0 Å². The summed E-state index contributed by atoms with van der Waals surface area (Å²) in [5.41, 5.74) is 6.14. The summed E-state index contributed by atoms with van der Waals surface area (Å²) in [6.45, 7) is 3.34. The number of nitrogens with two attached hydrogens (primary N) is 1. The smallest absolute Gasteiger partial charge is 0.308 e. The molecule has 6 heteroatoms. The van der Waals surface area contributed by atoms with Crippen LogP contribution in [-0.4, -0.2) is 23.0 Å². The van der Waals surface area contributed by atoms with Gasteiger partial charge in [0.05, 0.1) is 11.5 Å². The fourth-order valence-corrected chi connectivity index (χ4v) is 1.79. The summed E-state index contributed by atoms with van der Waals surface area (Å²) in [5.74, 6) is -2.03. The Balaban J connectivity index is 2.97. The van der Waals surface area contributed by atoms with E-state index in [1.807, 2.05) is 0 Å². The van der Waals surface area contributed by atoms with E-state index in [2.05, 4.69) is 21.2 Å². The van der Waals surface area contributed by atoms with Gasteiger partial charge in [0.15, 0.2) is 0 Å². The van der Waals surface area contributed by atoms with Gasteiger partial charge in [-0.3, -0.25) is 9.59 Å². The molecule has 98 valence electrons. The summed E-state index contributed by atoms with van der Waals surface area (Å²) in [4.78, 5) is 22.2. The fourth-order valence-electron chi connectivity index (χ4n) is 1.43. The summed E-state index contributed by atoms with van der Waals surface area (Å²) in [6.07, 6.45) is 0. The Bertz CT molecular complexity index is 476. The zero-order chi connectivity index (χ0) is 13.9. The predicted molar refractivity (Wildman–Crippen MR) is 72.5 cm³/mol. The summed E-state index contributed by atoms with van der Waals surface area (Å²) in [5, 5.41) is 11.9. The summed E-state index contributed by atoms with van der Waals surface area (Å²) in [7, 11) is 0. The topological polar surface area (TPSA) is 92.4 Å². The van der Waals surface area contributed by atoms with Crippen LogP contribution in [0.2, 0.25) is 0 Å². The molecule has 0 heterocycles. The standard InChI is InChI=1S/C12H15BrN2O3/c1-6(12(17)18)7(2)15-10-4-3-8(13)5-9(10)11(14)16/h3-7,15H,1-2H3,(H2,14,16)(H,17,18). The monoisotopic (exact) mass is 314 g/mol. The Morgan fingerprint density at radius 2 is 2.00 bits per heavy atom. The van der Waals surface area contributed by atoms with Crippen LogP contribution in [0.4, 0.5) is 5.69 Å². The molecule has 1 aromatic rings.